The van der Waals surface area contributed by atoms with Gasteiger partial charge in [0, 0.05) is 13.2 Å². The van der Waals surface area contributed by atoms with E-state index in [2.05, 4.69) is 34.1 Å². The van der Waals surface area contributed by atoms with Gasteiger partial charge in [-0.15, -0.1) is 0 Å². The Hall–Kier alpha value is -1.14. The molecule has 0 aliphatic heterocycles. The first-order valence-electron chi connectivity index (χ1n) is 5.97. The van der Waals surface area contributed by atoms with Crippen LogP contribution in [0.5, 0.6) is 6.01 Å². The summed E-state index contributed by atoms with van der Waals surface area (Å²) in [7, 11) is 0. The van der Waals surface area contributed by atoms with E-state index in [0.29, 0.717) is 31.6 Å². The first kappa shape index (κ1) is 14.9. The van der Waals surface area contributed by atoms with Crippen LogP contribution >= 0.6 is 11.6 Å². The second kappa shape index (κ2) is 8.05. The first-order chi connectivity index (χ1) is 8.61. The molecule has 1 rings (SSSR count). The van der Waals surface area contributed by atoms with Crippen molar-refractivity contribution in [3.05, 3.63) is 5.28 Å². The van der Waals surface area contributed by atoms with Crippen molar-refractivity contribution >= 4 is 17.5 Å². The Morgan fingerprint density at radius 2 is 2.06 bits per heavy atom. The van der Waals surface area contributed by atoms with Gasteiger partial charge in [-0.3, -0.25) is 0 Å². The van der Waals surface area contributed by atoms with Crippen LogP contribution in [0.15, 0.2) is 0 Å². The van der Waals surface area contributed by atoms with Crippen molar-refractivity contribution in [2.75, 3.05) is 31.7 Å². The number of aromatic nitrogens is 3. The third kappa shape index (κ3) is 5.97. The molecule has 0 aliphatic rings. The zero-order chi connectivity index (χ0) is 13.4. The summed E-state index contributed by atoms with van der Waals surface area (Å²) in [6, 6.07) is 0.225. The second-order valence-corrected chi connectivity index (χ2v) is 4.38. The van der Waals surface area contributed by atoms with Crippen molar-refractivity contribution in [1.29, 1.82) is 0 Å². The summed E-state index contributed by atoms with van der Waals surface area (Å²) in [5, 5.41) is 3.12. The standard InChI is InChI=1S/C11H19ClN4O2/c1-4-18-11-15-9(12)14-10(16-11)13-5-6-17-7-8(2)3/h8H,4-7H2,1-3H3,(H,13,14,15,16). The van der Waals surface area contributed by atoms with Gasteiger partial charge in [-0.1, -0.05) is 13.8 Å². The molecule has 0 amide bonds. The molecule has 1 aromatic heterocycles. The normalized spacial score (nSPS) is 10.7. The number of rotatable bonds is 8. The molecule has 0 aliphatic carbocycles. The molecular weight excluding hydrogens is 256 g/mol. The summed E-state index contributed by atoms with van der Waals surface area (Å²) in [6.45, 7) is 8.48. The maximum absolute atomic E-state index is 5.75. The summed E-state index contributed by atoms with van der Waals surface area (Å²) in [5.74, 6) is 0.924. The van der Waals surface area contributed by atoms with Gasteiger partial charge in [0.05, 0.1) is 13.2 Å². The number of anilines is 1. The summed E-state index contributed by atoms with van der Waals surface area (Å²) in [5.41, 5.74) is 0. The van der Waals surface area contributed by atoms with E-state index in [9.17, 15) is 0 Å². The average Bonchev–Trinajstić information content (AvgIpc) is 2.28. The van der Waals surface area contributed by atoms with Crippen LogP contribution in [-0.2, 0) is 4.74 Å². The van der Waals surface area contributed by atoms with Crippen LogP contribution in [0.25, 0.3) is 0 Å². The second-order valence-electron chi connectivity index (χ2n) is 4.04. The van der Waals surface area contributed by atoms with Gasteiger partial charge in [0.25, 0.3) is 0 Å². The molecule has 0 saturated carbocycles. The smallest absolute Gasteiger partial charge is 0.322 e. The van der Waals surface area contributed by atoms with Gasteiger partial charge in [0.15, 0.2) is 0 Å². The van der Waals surface area contributed by atoms with Gasteiger partial charge in [0.1, 0.15) is 0 Å². The van der Waals surface area contributed by atoms with Gasteiger partial charge in [-0.25, -0.2) is 0 Å². The Labute approximate surface area is 112 Å². The maximum atomic E-state index is 5.75. The van der Waals surface area contributed by atoms with Crippen LogP contribution in [0.4, 0.5) is 5.95 Å². The topological polar surface area (TPSA) is 69.2 Å². The minimum atomic E-state index is 0.110. The minimum Gasteiger partial charge on any atom is -0.464 e. The SMILES string of the molecule is CCOc1nc(Cl)nc(NCCOCC(C)C)n1. The van der Waals surface area contributed by atoms with Gasteiger partial charge in [-0.2, -0.15) is 15.0 Å². The third-order valence-corrected chi connectivity index (χ3v) is 2.01. The highest BCUT2D eigenvalue weighted by Gasteiger charge is 2.05. The molecule has 0 fully saturated rings. The summed E-state index contributed by atoms with van der Waals surface area (Å²) in [6.07, 6.45) is 0. The van der Waals surface area contributed by atoms with E-state index in [1.54, 1.807) is 0 Å². The number of halogens is 1. The van der Waals surface area contributed by atoms with Crippen LogP contribution in [-0.4, -0.2) is 41.3 Å². The first-order valence-corrected chi connectivity index (χ1v) is 6.35. The van der Waals surface area contributed by atoms with Crippen LogP contribution in [0, 0.1) is 5.92 Å². The molecule has 6 nitrogen and oxygen atoms in total. The lowest BCUT2D eigenvalue weighted by Crippen LogP contribution is -2.14. The minimum absolute atomic E-state index is 0.110. The average molecular weight is 275 g/mol. The number of nitrogens with zero attached hydrogens (tertiary/aromatic N) is 3. The predicted octanol–water partition coefficient (Wildman–Crippen LogP) is 2.01. The number of nitrogens with one attached hydrogen (secondary N) is 1. The fourth-order valence-corrected chi connectivity index (χ4v) is 1.31. The molecule has 0 radical (unpaired) electrons. The van der Waals surface area contributed by atoms with E-state index < -0.39 is 0 Å². The summed E-state index contributed by atoms with van der Waals surface area (Å²) in [4.78, 5) is 11.8. The van der Waals surface area contributed by atoms with E-state index in [1.807, 2.05) is 6.92 Å². The number of ether oxygens (including phenoxy) is 2. The Balaban J connectivity index is 2.37. The van der Waals surface area contributed by atoms with E-state index in [1.165, 1.54) is 0 Å². The molecule has 0 unspecified atom stereocenters. The lowest BCUT2D eigenvalue weighted by Gasteiger charge is -2.08. The van der Waals surface area contributed by atoms with E-state index >= 15 is 0 Å². The van der Waals surface area contributed by atoms with Crippen molar-refractivity contribution < 1.29 is 9.47 Å². The van der Waals surface area contributed by atoms with Gasteiger partial charge in [0.2, 0.25) is 11.2 Å². The zero-order valence-electron chi connectivity index (χ0n) is 10.9. The highest BCUT2D eigenvalue weighted by molar-refractivity contribution is 6.28. The predicted molar refractivity (Wildman–Crippen MR) is 70.2 cm³/mol. The lowest BCUT2D eigenvalue weighted by molar-refractivity contribution is 0.118. The highest BCUT2D eigenvalue weighted by Crippen LogP contribution is 2.10. The van der Waals surface area contributed by atoms with Crippen LogP contribution < -0.4 is 10.1 Å². The number of hydrogen-bond donors (Lipinski definition) is 1. The third-order valence-electron chi connectivity index (χ3n) is 1.84. The summed E-state index contributed by atoms with van der Waals surface area (Å²) < 4.78 is 10.6. The Morgan fingerprint density at radius 3 is 2.72 bits per heavy atom. The van der Waals surface area contributed by atoms with Crippen molar-refractivity contribution in [3.63, 3.8) is 0 Å². The molecule has 0 atom stereocenters. The molecule has 1 aromatic rings. The highest BCUT2D eigenvalue weighted by atomic mass is 35.5. The quantitative estimate of drug-likeness (QED) is 0.732. The molecule has 1 heterocycles. The molecule has 0 spiro atoms. The largest absolute Gasteiger partial charge is 0.464 e. The molecule has 1 N–H and O–H groups in total. The molecule has 0 saturated heterocycles. The van der Waals surface area contributed by atoms with Crippen LogP contribution in [0.3, 0.4) is 0 Å². The lowest BCUT2D eigenvalue weighted by atomic mass is 10.2. The Kier molecular flexibility index (Phi) is 6.67. The van der Waals surface area contributed by atoms with E-state index in [4.69, 9.17) is 21.1 Å². The van der Waals surface area contributed by atoms with Gasteiger partial charge < -0.3 is 14.8 Å². The fraction of sp³-hybridized carbons (Fsp3) is 0.727. The van der Waals surface area contributed by atoms with E-state index in [0.717, 1.165) is 6.61 Å². The molecule has 0 aromatic carbocycles. The van der Waals surface area contributed by atoms with E-state index in [-0.39, 0.29) is 11.3 Å². The van der Waals surface area contributed by atoms with Crippen molar-refractivity contribution in [3.8, 4) is 6.01 Å². The summed E-state index contributed by atoms with van der Waals surface area (Å²) >= 11 is 5.75. The fourth-order valence-electron chi connectivity index (χ4n) is 1.16. The van der Waals surface area contributed by atoms with Crippen LogP contribution in [0.2, 0.25) is 5.28 Å². The maximum Gasteiger partial charge on any atom is 0.322 e. The Morgan fingerprint density at radius 1 is 1.28 bits per heavy atom. The van der Waals surface area contributed by atoms with Gasteiger partial charge >= 0.3 is 6.01 Å². The van der Waals surface area contributed by atoms with Crippen LogP contribution in [0.1, 0.15) is 20.8 Å². The number of hydrogen-bond acceptors (Lipinski definition) is 6. The molecule has 102 valence electrons. The van der Waals surface area contributed by atoms with Crippen molar-refractivity contribution in [2.45, 2.75) is 20.8 Å². The van der Waals surface area contributed by atoms with Crippen molar-refractivity contribution in [1.82, 2.24) is 15.0 Å². The molecule has 0 bridgehead atoms. The Bertz CT molecular complexity index is 363. The van der Waals surface area contributed by atoms with Gasteiger partial charge in [-0.05, 0) is 24.4 Å². The molecular formula is C11H19ClN4O2. The zero-order valence-corrected chi connectivity index (χ0v) is 11.7. The van der Waals surface area contributed by atoms with Crippen molar-refractivity contribution in [2.24, 2.45) is 5.92 Å². The monoisotopic (exact) mass is 274 g/mol. The molecule has 18 heavy (non-hydrogen) atoms. The molecule has 7 heteroatoms.